The number of carbonyl (C=O) groups excluding carboxylic acids is 1. The van der Waals surface area contributed by atoms with Crippen LogP contribution in [-0.4, -0.2) is 50.2 Å². The molecule has 0 saturated carbocycles. The highest BCUT2D eigenvalue weighted by Gasteiger charge is 2.25. The Hall–Kier alpha value is -0.920. The number of hydrogen-bond donors (Lipinski definition) is 0. The van der Waals surface area contributed by atoms with Crippen molar-refractivity contribution in [3.05, 3.63) is 28.7 Å². The van der Waals surface area contributed by atoms with Crippen molar-refractivity contribution in [1.82, 2.24) is 9.21 Å². The van der Waals surface area contributed by atoms with E-state index in [0.29, 0.717) is 0 Å². The van der Waals surface area contributed by atoms with Crippen molar-refractivity contribution in [3.8, 4) is 0 Å². The van der Waals surface area contributed by atoms with Crippen LogP contribution in [-0.2, 0) is 14.8 Å². The second kappa shape index (κ2) is 6.89. The predicted octanol–water partition coefficient (Wildman–Crippen LogP) is 2.08. The summed E-state index contributed by atoms with van der Waals surface area (Å²) in [5.41, 5.74) is 0. The zero-order valence-corrected chi connectivity index (χ0v) is 14.4. The molecule has 0 aromatic heterocycles. The number of carbonyl (C=O) groups is 1. The number of halogens is 1. The predicted molar refractivity (Wildman–Crippen MR) is 84.4 cm³/mol. The first-order valence-corrected chi connectivity index (χ1v) is 9.14. The fraction of sp³-hybridized carbons (Fsp3) is 0.500. The first kappa shape index (κ1) is 16.5. The van der Waals surface area contributed by atoms with Crippen molar-refractivity contribution >= 4 is 31.9 Å². The second-order valence-electron chi connectivity index (χ2n) is 5.16. The van der Waals surface area contributed by atoms with Gasteiger partial charge in [-0.25, -0.2) is 8.42 Å². The molecule has 1 fully saturated rings. The Kier molecular flexibility index (Phi) is 5.40. The molecule has 1 aromatic rings. The SMILES string of the molecule is CN(CC(=O)N1CCCCC1)S(=O)(=O)c1ccc(Br)cc1. The van der Waals surface area contributed by atoms with Gasteiger partial charge in [-0.1, -0.05) is 15.9 Å². The first-order valence-electron chi connectivity index (χ1n) is 6.91. The van der Waals surface area contributed by atoms with Crippen LogP contribution in [0.25, 0.3) is 0 Å². The number of rotatable bonds is 4. The summed E-state index contributed by atoms with van der Waals surface area (Å²) in [5.74, 6) is -0.127. The van der Waals surface area contributed by atoms with Crippen molar-refractivity contribution in [2.24, 2.45) is 0 Å². The Morgan fingerprint density at radius 1 is 1.19 bits per heavy atom. The molecule has 1 aliphatic rings. The molecule has 0 N–H and O–H groups in total. The van der Waals surface area contributed by atoms with Crippen molar-refractivity contribution in [2.75, 3.05) is 26.7 Å². The first-order chi connectivity index (χ1) is 9.91. The van der Waals surface area contributed by atoms with Gasteiger partial charge in [-0.2, -0.15) is 4.31 Å². The monoisotopic (exact) mass is 374 g/mol. The van der Waals surface area contributed by atoms with Gasteiger partial charge in [0.25, 0.3) is 0 Å². The summed E-state index contributed by atoms with van der Waals surface area (Å²) in [6.45, 7) is 1.34. The maximum atomic E-state index is 12.4. The third kappa shape index (κ3) is 4.05. The van der Waals surface area contributed by atoms with E-state index in [2.05, 4.69) is 15.9 Å². The number of hydrogen-bond acceptors (Lipinski definition) is 3. The summed E-state index contributed by atoms with van der Waals surface area (Å²) in [4.78, 5) is 14.1. The average Bonchev–Trinajstić information content (AvgIpc) is 2.48. The Balaban J connectivity index is 2.06. The fourth-order valence-electron chi connectivity index (χ4n) is 2.31. The standard InChI is InChI=1S/C14H19BrN2O3S/c1-16(11-14(18)17-9-3-2-4-10-17)21(19,20)13-7-5-12(15)6-8-13/h5-8H,2-4,9-11H2,1H3. The van der Waals surface area contributed by atoms with E-state index < -0.39 is 10.0 Å². The lowest BCUT2D eigenvalue weighted by molar-refractivity contribution is -0.132. The van der Waals surface area contributed by atoms with Gasteiger partial charge in [-0.05, 0) is 43.5 Å². The summed E-state index contributed by atoms with van der Waals surface area (Å²) in [6.07, 6.45) is 3.13. The zero-order chi connectivity index (χ0) is 15.5. The van der Waals surface area contributed by atoms with Crippen molar-refractivity contribution < 1.29 is 13.2 Å². The third-order valence-electron chi connectivity index (χ3n) is 3.59. The van der Waals surface area contributed by atoms with Crippen LogP contribution in [0.2, 0.25) is 0 Å². The van der Waals surface area contributed by atoms with Crippen LogP contribution in [0.4, 0.5) is 0 Å². The van der Waals surface area contributed by atoms with Crippen LogP contribution < -0.4 is 0 Å². The summed E-state index contributed by atoms with van der Waals surface area (Å²) in [5, 5.41) is 0. The maximum absolute atomic E-state index is 12.4. The molecule has 0 bridgehead atoms. The summed E-state index contributed by atoms with van der Waals surface area (Å²) in [7, 11) is -2.18. The zero-order valence-electron chi connectivity index (χ0n) is 12.0. The number of likely N-dealkylation sites (N-methyl/N-ethyl adjacent to an activating group) is 1. The Morgan fingerprint density at radius 3 is 2.33 bits per heavy atom. The minimum Gasteiger partial charge on any atom is -0.342 e. The minimum atomic E-state index is -3.62. The average molecular weight is 375 g/mol. The number of piperidine rings is 1. The minimum absolute atomic E-state index is 0.113. The third-order valence-corrected chi connectivity index (χ3v) is 5.93. The summed E-state index contributed by atoms with van der Waals surface area (Å²) < 4.78 is 26.7. The molecule has 0 spiro atoms. The molecule has 21 heavy (non-hydrogen) atoms. The molecule has 0 radical (unpaired) electrons. The van der Waals surface area contributed by atoms with E-state index >= 15 is 0 Å². The van der Waals surface area contributed by atoms with Gasteiger partial charge in [0, 0.05) is 24.6 Å². The van der Waals surface area contributed by atoms with Gasteiger partial charge in [0.2, 0.25) is 15.9 Å². The summed E-state index contributed by atoms with van der Waals surface area (Å²) >= 11 is 3.27. The maximum Gasteiger partial charge on any atom is 0.243 e. The topological polar surface area (TPSA) is 57.7 Å². The van der Waals surface area contributed by atoms with Crippen LogP contribution in [0.5, 0.6) is 0 Å². The molecule has 7 heteroatoms. The highest BCUT2D eigenvalue weighted by atomic mass is 79.9. The highest BCUT2D eigenvalue weighted by molar-refractivity contribution is 9.10. The molecular weight excluding hydrogens is 356 g/mol. The molecule has 5 nitrogen and oxygen atoms in total. The van der Waals surface area contributed by atoms with Crippen molar-refractivity contribution in [3.63, 3.8) is 0 Å². The van der Waals surface area contributed by atoms with E-state index in [9.17, 15) is 13.2 Å². The molecule has 2 rings (SSSR count). The molecule has 116 valence electrons. The fourth-order valence-corrected chi connectivity index (χ4v) is 3.69. The van der Waals surface area contributed by atoms with Gasteiger partial charge >= 0.3 is 0 Å². The molecule has 1 heterocycles. The number of benzene rings is 1. The molecular formula is C14H19BrN2O3S. The Labute approximate surface area is 134 Å². The normalized spacial score (nSPS) is 16.2. The summed E-state index contributed by atoms with van der Waals surface area (Å²) in [6, 6.07) is 6.41. The van der Waals surface area contributed by atoms with Gasteiger partial charge in [-0.15, -0.1) is 0 Å². The van der Waals surface area contributed by atoms with E-state index in [4.69, 9.17) is 0 Å². The van der Waals surface area contributed by atoms with E-state index in [0.717, 1.165) is 41.1 Å². The van der Waals surface area contributed by atoms with Crippen molar-refractivity contribution in [1.29, 1.82) is 0 Å². The lowest BCUT2D eigenvalue weighted by atomic mass is 10.1. The van der Waals surface area contributed by atoms with E-state index in [1.165, 1.54) is 19.2 Å². The molecule has 0 aliphatic carbocycles. The lowest BCUT2D eigenvalue weighted by Crippen LogP contribution is -2.43. The van der Waals surface area contributed by atoms with E-state index in [1.54, 1.807) is 17.0 Å². The Morgan fingerprint density at radius 2 is 1.76 bits per heavy atom. The second-order valence-corrected chi connectivity index (χ2v) is 8.12. The lowest BCUT2D eigenvalue weighted by Gasteiger charge is -2.28. The van der Waals surface area contributed by atoms with Crippen LogP contribution >= 0.6 is 15.9 Å². The smallest absolute Gasteiger partial charge is 0.243 e. The molecule has 1 aromatic carbocycles. The van der Waals surface area contributed by atoms with Gasteiger partial charge in [0.15, 0.2) is 0 Å². The number of amides is 1. The van der Waals surface area contributed by atoms with Gasteiger partial charge < -0.3 is 4.90 Å². The number of nitrogens with zero attached hydrogens (tertiary/aromatic N) is 2. The van der Waals surface area contributed by atoms with Crippen LogP contribution in [0.15, 0.2) is 33.6 Å². The van der Waals surface area contributed by atoms with Gasteiger partial charge in [0.05, 0.1) is 11.4 Å². The van der Waals surface area contributed by atoms with Crippen LogP contribution in [0.1, 0.15) is 19.3 Å². The quantitative estimate of drug-likeness (QED) is 0.810. The highest BCUT2D eigenvalue weighted by Crippen LogP contribution is 2.18. The largest absolute Gasteiger partial charge is 0.342 e. The van der Waals surface area contributed by atoms with E-state index in [1.807, 2.05) is 0 Å². The number of sulfonamides is 1. The van der Waals surface area contributed by atoms with E-state index in [-0.39, 0.29) is 17.3 Å². The van der Waals surface area contributed by atoms with Crippen LogP contribution in [0, 0.1) is 0 Å². The molecule has 0 atom stereocenters. The molecule has 0 unspecified atom stereocenters. The van der Waals surface area contributed by atoms with Gasteiger partial charge in [-0.3, -0.25) is 4.79 Å². The van der Waals surface area contributed by atoms with Gasteiger partial charge in [0.1, 0.15) is 0 Å². The molecule has 1 saturated heterocycles. The number of likely N-dealkylation sites (tertiary alicyclic amines) is 1. The van der Waals surface area contributed by atoms with Crippen molar-refractivity contribution in [2.45, 2.75) is 24.2 Å². The molecule has 1 aliphatic heterocycles. The Bertz CT molecular complexity index is 595. The van der Waals surface area contributed by atoms with Crippen LogP contribution in [0.3, 0.4) is 0 Å². The molecule has 1 amide bonds.